The Kier molecular flexibility index (Phi) is 16.2. The van der Waals surface area contributed by atoms with Crippen molar-refractivity contribution in [3.8, 4) is 28.7 Å². The van der Waals surface area contributed by atoms with Gasteiger partial charge in [0.1, 0.15) is 43.4 Å². The van der Waals surface area contributed by atoms with Crippen molar-refractivity contribution in [3.05, 3.63) is 95.6 Å². The van der Waals surface area contributed by atoms with Crippen molar-refractivity contribution in [2.24, 2.45) is 0 Å². The van der Waals surface area contributed by atoms with Gasteiger partial charge >= 0.3 is 23.9 Å². The highest BCUT2D eigenvalue weighted by Gasteiger charge is 2.62. The summed E-state index contributed by atoms with van der Waals surface area (Å²) in [5, 5.41) is 73.5. The fourth-order valence-electron chi connectivity index (χ4n) is 6.42. The molecule has 2 aliphatic rings. The third-order valence-electron chi connectivity index (χ3n) is 9.53. The Bertz CT molecular complexity index is 2170. The van der Waals surface area contributed by atoms with E-state index in [1.54, 1.807) is 0 Å². The summed E-state index contributed by atoms with van der Waals surface area (Å²) in [5.74, 6) is -6.83. The third-order valence-corrected chi connectivity index (χ3v) is 9.53. The SMILES string of the molecule is COc1cc(C=CC(=O)OC[C@H]2O[C@@](CO)(O[C@H]3O[C@H](CO)[C@@H](OC(=O)C=Cc4ccc(O)cc4)[C@H](O)[C@H]3OC(C)=O)[C@@H](OC(=O)C=Cc3ccc(O)c(OC)c3)[C@@H]2O)ccc1O. The minimum Gasteiger partial charge on any atom is -0.508 e. The van der Waals surface area contributed by atoms with Gasteiger partial charge in [0, 0.05) is 25.2 Å². The van der Waals surface area contributed by atoms with E-state index in [1.807, 2.05) is 0 Å². The van der Waals surface area contributed by atoms with Crippen LogP contribution < -0.4 is 9.47 Å². The van der Waals surface area contributed by atoms with Crippen molar-refractivity contribution in [1.82, 2.24) is 0 Å². The van der Waals surface area contributed by atoms with E-state index in [0.717, 1.165) is 25.2 Å². The molecule has 2 saturated heterocycles. The summed E-state index contributed by atoms with van der Waals surface area (Å²) >= 11 is 0. The number of esters is 4. The van der Waals surface area contributed by atoms with E-state index in [2.05, 4.69) is 0 Å². The van der Waals surface area contributed by atoms with E-state index in [-0.39, 0.29) is 28.7 Å². The number of aromatic hydroxyl groups is 3. The van der Waals surface area contributed by atoms with Crippen LogP contribution in [-0.2, 0) is 52.3 Å². The molecule has 0 bridgehead atoms. The smallest absolute Gasteiger partial charge is 0.331 e. The molecule has 5 rings (SSSR count). The number of phenolic OH excluding ortho intramolecular Hbond substituents is 3. The van der Waals surface area contributed by atoms with Crippen molar-refractivity contribution in [3.63, 3.8) is 0 Å². The van der Waals surface area contributed by atoms with Crippen LogP contribution in [0.15, 0.2) is 78.9 Å². The Morgan fingerprint density at radius 2 is 1.22 bits per heavy atom. The number of hydrogen-bond donors (Lipinski definition) is 7. The first kappa shape index (κ1) is 47.5. The van der Waals surface area contributed by atoms with Gasteiger partial charge in [0.2, 0.25) is 12.1 Å². The number of benzene rings is 3. The van der Waals surface area contributed by atoms with Gasteiger partial charge in [0.15, 0.2) is 41.3 Å². The maximum atomic E-state index is 13.3. The van der Waals surface area contributed by atoms with Crippen molar-refractivity contribution in [2.45, 2.75) is 61.7 Å². The van der Waals surface area contributed by atoms with Crippen molar-refractivity contribution < 1.29 is 97.6 Å². The summed E-state index contributed by atoms with van der Waals surface area (Å²) < 4.78 is 49.5. The maximum Gasteiger partial charge on any atom is 0.331 e. The highest BCUT2D eigenvalue weighted by atomic mass is 16.8. The molecule has 3 aromatic carbocycles. The lowest BCUT2D eigenvalue weighted by atomic mass is 9.98. The van der Waals surface area contributed by atoms with E-state index in [4.69, 9.17) is 42.6 Å². The van der Waals surface area contributed by atoms with E-state index in [9.17, 15) is 54.9 Å². The first-order chi connectivity index (χ1) is 30.1. The third kappa shape index (κ3) is 12.1. The molecule has 0 saturated carbocycles. The largest absolute Gasteiger partial charge is 0.508 e. The number of rotatable bonds is 17. The van der Waals surface area contributed by atoms with Crippen LogP contribution in [0.5, 0.6) is 28.7 Å². The highest BCUT2D eigenvalue weighted by molar-refractivity contribution is 5.88. The molecule has 0 aliphatic carbocycles. The summed E-state index contributed by atoms with van der Waals surface area (Å²) in [4.78, 5) is 51.3. The second-order valence-corrected chi connectivity index (χ2v) is 13.9. The van der Waals surface area contributed by atoms with Gasteiger partial charge in [-0.1, -0.05) is 24.3 Å². The lowest BCUT2D eigenvalue weighted by molar-refractivity contribution is -0.383. The van der Waals surface area contributed by atoms with Gasteiger partial charge in [0.05, 0.1) is 20.8 Å². The zero-order valence-electron chi connectivity index (χ0n) is 33.9. The second kappa shape index (κ2) is 21.5. The van der Waals surface area contributed by atoms with Crippen LogP contribution in [-0.4, -0.2) is 148 Å². The maximum absolute atomic E-state index is 13.3. The molecular weight excluding hydrogens is 836 g/mol. The standard InChI is InChI=1S/C43H46O20/c1-23(46)58-40-38(54)39(60-35(51)16-8-24-4-11-27(47)12-5-24)32(20-44)59-42(40)63-43(22-45)41(61-36(52)17-10-26-7-14-29(49)31(19-26)56-3)37(53)33(62-43)21-57-34(50)15-9-25-6-13-28(48)30(18-25)55-2/h4-19,32-33,37-42,44-45,47-49,53-54H,20-22H2,1-3H3/t32-,33-,37-,38+,39-,40-,41+,42-,43+/m1/s1. The normalized spacial score (nSPS) is 25.8. The molecule has 7 N–H and O–H groups in total. The van der Waals surface area contributed by atoms with E-state index in [1.165, 1.54) is 93.1 Å². The van der Waals surface area contributed by atoms with Crippen LogP contribution in [0.25, 0.3) is 18.2 Å². The summed E-state index contributed by atoms with van der Waals surface area (Å²) in [6.07, 6.45) is -7.79. The predicted molar refractivity (Wildman–Crippen MR) is 214 cm³/mol. The fraction of sp³-hybridized carbons (Fsp3) is 0.349. The van der Waals surface area contributed by atoms with Crippen molar-refractivity contribution in [1.29, 1.82) is 0 Å². The lowest BCUT2D eigenvalue weighted by Crippen LogP contribution is -2.64. The van der Waals surface area contributed by atoms with Gasteiger partial charge in [-0.2, -0.15) is 0 Å². The molecule has 20 nitrogen and oxygen atoms in total. The van der Waals surface area contributed by atoms with Crippen LogP contribution >= 0.6 is 0 Å². The van der Waals surface area contributed by atoms with Gasteiger partial charge in [-0.3, -0.25) is 4.79 Å². The quantitative estimate of drug-likeness (QED) is 0.0567. The minimum atomic E-state index is -2.64. The van der Waals surface area contributed by atoms with Crippen LogP contribution in [0.3, 0.4) is 0 Å². The van der Waals surface area contributed by atoms with Crippen LogP contribution in [0.1, 0.15) is 23.6 Å². The molecule has 338 valence electrons. The molecule has 3 aromatic rings. The zero-order valence-corrected chi connectivity index (χ0v) is 33.9. The molecule has 0 aromatic heterocycles. The van der Waals surface area contributed by atoms with E-state index < -0.39 is 98.5 Å². The number of aliphatic hydroxyl groups excluding tert-OH is 4. The van der Waals surface area contributed by atoms with Crippen molar-refractivity contribution >= 4 is 42.1 Å². The Morgan fingerprint density at radius 1 is 0.683 bits per heavy atom. The van der Waals surface area contributed by atoms with Gasteiger partial charge in [-0.05, 0) is 71.3 Å². The first-order valence-electron chi connectivity index (χ1n) is 19.0. The Labute approximate surface area is 359 Å². The molecule has 63 heavy (non-hydrogen) atoms. The Hall–Kier alpha value is -6.52. The summed E-state index contributed by atoms with van der Waals surface area (Å²) in [5.41, 5.74) is 1.31. The molecule has 0 radical (unpaired) electrons. The average molecular weight is 883 g/mol. The summed E-state index contributed by atoms with van der Waals surface area (Å²) in [7, 11) is 2.66. The molecule has 9 atom stereocenters. The number of methoxy groups -OCH3 is 2. The fourth-order valence-corrected chi connectivity index (χ4v) is 6.42. The average Bonchev–Trinajstić information content (AvgIpc) is 3.52. The van der Waals surface area contributed by atoms with E-state index in [0.29, 0.717) is 16.7 Å². The molecule has 2 heterocycles. The monoisotopic (exact) mass is 882 g/mol. The van der Waals surface area contributed by atoms with Gasteiger partial charge in [0.25, 0.3) is 0 Å². The van der Waals surface area contributed by atoms with Gasteiger partial charge < -0.3 is 78.4 Å². The molecule has 0 spiro atoms. The number of hydrogen-bond acceptors (Lipinski definition) is 20. The van der Waals surface area contributed by atoms with Gasteiger partial charge in [-0.15, -0.1) is 0 Å². The number of phenols is 3. The lowest BCUT2D eigenvalue weighted by Gasteiger charge is -2.45. The Balaban J connectivity index is 1.40. The zero-order chi connectivity index (χ0) is 45.8. The minimum absolute atomic E-state index is 0.0124. The van der Waals surface area contributed by atoms with Crippen molar-refractivity contribution in [2.75, 3.05) is 34.0 Å². The molecule has 20 heteroatoms. The summed E-state index contributed by atoms with van der Waals surface area (Å²) in [6.45, 7) is -1.92. The highest BCUT2D eigenvalue weighted by Crippen LogP contribution is 2.39. The molecule has 2 fully saturated rings. The number of aliphatic hydroxyl groups is 4. The first-order valence-corrected chi connectivity index (χ1v) is 19.0. The van der Waals surface area contributed by atoms with E-state index >= 15 is 0 Å². The van der Waals surface area contributed by atoms with Crippen LogP contribution in [0, 0.1) is 0 Å². The topological polar surface area (TPSA) is 293 Å². The number of carbonyl (C=O) groups excluding carboxylic acids is 4. The molecule has 2 aliphatic heterocycles. The Morgan fingerprint density at radius 3 is 1.76 bits per heavy atom. The van der Waals surface area contributed by atoms with Crippen LogP contribution in [0.2, 0.25) is 0 Å². The molecule has 0 unspecified atom stereocenters. The summed E-state index contributed by atoms with van der Waals surface area (Å²) in [6, 6.07) is 14.2. The second-order valence-electron chi connectivity index (χ2n) is 13.9. The van der Waals surface area contributed by atoms with Crippen LogP contribution in [0.4, 0.5) is 0 Å². The van der Waals surface area contributed by atoms with Gasteiger partial charge in [-0.25, -0.2) is 14.4 Å². The molecule has 0 amide bonds. The predicted octanol–water partition coefficient (Wildman–Crippen LogP) is 1.10. The molecular formula is C43H46O20. The number of ether oxygens (including phenoxy) is 9. The number of carbonyl (C=O) groups is 4.